The molecule has 0 aliphatic heterocycles. The molecule has 0 heterocycles. The Labute approximate surface area is 123 Å². The van der Waals surface area contributed by atoms with Crippen molar-refractivity contribution in [2.75, 3.05) is 5.32 Å². The number of aliphatic carboxylic acids is 1. The van der Waals surface area contributed by atoms with Crippen LogP contribution in [0.15, 0.2) is 30.3 Å². The fourth-order valence-electron chi connectivity index (χ4n) is 2.55. The standard InChI is InChI=1S/C16H20N2O3/c17-16(9-2-1-3-10-16)15(21)18-13-6-4-5-12(11-13)7-8-14(19)20/h4-8,11H,1-3,9-10,17H2,(H,18,21)(H,19,20)/b8-7+. The molecule has 5 heteroatoms. The van der Waals surface area contributed by atoms with Crippen LogP contribution in [0, 0.1) is 0 Å². The lowest BCUT2D eigenvalue weighted by Crippen LogP contribution is -2.52. The number of carboxylic acids is 1. The molecule has 1 aromatic carbocycles. The Morgan fingerprint density at radius 1 is 1.24 bits per heavy atom. The van der Waals surface area contributed by atoms with Gasteiger partial charge in [-0.2, -0.15) is 0 Å². The maximum absolute atomic E-state index is 12.3. The Bertz CT molecular complexity index is 560. The number of nitrogens with two attached hydrogens (primary N) is 1. The third-order valence-corrected chi connectivity index (χ3v) is 3.76. The predicted molar refractivity (Wildman–Crippen MR) is 81.7 cm³/mol. The number of nitrogens with one attached hydrogen (secondary N) is 1. The molecule has 0 saturated heterocycles. The summed E-state index contributed by atoms with van der Waals surface area (Å²) in [6, 6.07) is 7.03. The van der Waals surface area contributed by atoms with Crippen molar-refractivity contribution in [3.63, 3.8) is 0 Å². The molecular weight excluding hydrogens is 268 g/mol. The molecular formula is C16H20N2O3. The van der Waals surface area contributed by atoms with Gasteiger partial charge < -0.3 is 16.2 Å². The molecule has 0 atom stereocenters. The number of carboxylic acid groups (broad SMARTS) is 1. The van der Waals surface area contributed by atoms with Crippen molar-refractivity contribution in [3.05, 3.63) is 35.9 Å². The van der Waals surface area contributed by atoms with E-state index < -0.39 is 11.5 Å². The molecule has 1 aliphatic carbocycles. The van der Waals surface area contributed by atoms with E-state index >= 15 is 0 Å². The lowest BCUT2D eigenvalue weighted by Gasteiger charge is -2.31. The average Bonchev–Trinajstić information content (AvgIpc) is 2.46. The van der Waals surface area contributed by atoms with Crippen LogP contribution < -0.4 is 11.1 Å². The number of hydrogen-bond acceptors (Lipinski definition) is 3. The molecule has 1 fully saturated rings. The van der Waals surface area contributed by atoms with Crippen LogP contribution in [0.4, 0.5) is 5.69 Å². The maximum atomic E-state index is 12.3. The van der Waals surface area contributed by atoms with Crippen LogP contribution in [0.5, 0.6) is 0 Å². The van der Waals surface area contributed by atoms with Crippen LogP contribution in [0.25, 0.3) is 6.08 Å². The Balaban J connectivity index is 2.07. The predicted octanol–water partition coefficient (Wildman–Crippen LogP) is 2.38. The molecule has 21 heavy (non-hydrogen) atoms. The zero-order valence-corrected chi connectivity index (χ0v) is 11.8. The van der Waals surface area contributed by atoms with Gasteiger partial charge in [0.15, 0.2) is 0 Å². The summed E-state index contributed by atoms with van der Waals surface area (Å²) in [5.41, 5.74) is 6.74. The van der Waals surface area contributed by atoms with Crippen molar-refractivity contribution in [1.82, 2.24) is 0 Å². The van der Waals surface area contributed by atoms with Gasteiger partial charge in [-0.25, -0.2) is 4.79 Å². The molecule has 5 nitrogen and oxygen atoms in total. The zero-order chi connectivity index (χ0) is 15.3. The number of carbonyl (C=O) groups excluding carboxylic acids is 1. The Kier molecular flexibility index (Phi) is 4.75. The van der Waals surface area contributed by atoms with Gasteiger partial charge in [0.25, 0.3) is 0 Å². The summed E-state index contributed by atoms with van der Waals surface area (Å²) in [5.74, 6) is -1.17. The molecule has 1 aliphatic rings. The summed E-state index contributed by atoms with van der Waals surface area (Å²) in [7, 11) is 0. The van der Waals surface area contributed by atoms with Crippen molar-refractivity contribution < 1.29 is 14.7 Å². The first-order valence-electron chi connectivity index (χ1n) is 7.11. The van der Waals surface area contributed by atoms with Crippen molar-refractivity contribution in [3.8, 4) is 0 Å². The van der Waals surface area contributed by atoms with Crippen LogP contribution in [-0.2, 0) is 9.59 Å². The Morgan fingerprint density at radius 2 is 1.95 bits per heavy atom. The SMILES string of the molecule is NC1(C(=O)Nc2cccc(/C=C/C(=O)O)c2)CCCCC1. The van der Waals surface area contributed by atoms with Gasteiger partial charge in [0.1, 0.15) is 0 Å². The number of amides is 1. The Hall–Kier alpha value is -2.14. The highest BCUT2D eigenvalue weighted by Gasteiger charge is 2.35. The number of hydrogen-bond donors (Lipinski definition) is 3. The second-order valence-electron chi connectivity index (χ2n) is 5.47. The van der Waals surface area contributed by atoms with Gasteiger partial charge in [0.2, 0.25) is 5.91 Å². The van der Waals surface area contributed by atoms with E-state index in [1.807, 2.05) is 0 Å². The molecule has 1 amide bonds. The molecule has 112 valence electrons. The molecule has 1 saturated carbocycles. The molecule has 0 spiro atoms. The molecule has 0 radical (unpaired) electrons. The number of carbonyl (C=O) groups is 2. The first-order chi connectivity index (χ1) is 9.99. The van der Waals surface area contributed by atoms with Gasteiger partial charge in [-0.05, 0) is 36.6 Å². The molecule has 1 aromatic rings. The first-order valence-corrected chi connectivity index (χ1v) is 7.11. The van der Waals surface area contributed by atoms with E-state index in [0.717, 1.165) is 25.3 Å². The minimum Gasteiger partial charge on any atom is -0.478 e. The van der Waals surface area contributed by atoms with E-state index in [1.165, 1.54) is 6.08 Å². The largest absolute Gasteiger partial charge is 0.478 e. The molecule has 2 rings (SSSR count). The highest BCUT2D eigenvalue weighted by atomic mass is 16.4. The summed E-state index contributed by atoms with van der Waals surface area (Å²) >= 11 is 0. The topological polar surface area (TPSA) is 92.4 Å². The third-order valence-electron chi connectivity index (χ3n) is 3.76. The molecule has 0 bridgehead atoms. The summed E-state index contributed by atoms with van der Waals surface area (Å²) in [5, 5.41) is 11.5. The summed E-state index contributed by atoms with van der Waals surface area (Å²) in [4.78, 5) is 22.8. The van der Waals surface area contributed by atoms with Crippen LogP contribution in [0.1, 0.15) is 37.7 Å². The molecule has 0 aromatic heterocycles. The van der Waals surface area contributed by atoms with E-state index in [-0.39, 0.29) is 5.91 Å². The Morgan fingerprint density at radius 3 is 2.62 bits per heavy atom. The molecule has 4 N–H and O–H groups in total. The zero-order valence-electron chi connectivity index (χ0n) is 11.8. The fraction of sp³-hybridized carbons (Fsp3) is 0.375. The van der Waals surface area contributed by atoms with Crippen molar-refractivity contribution in [2.24, 2.45) is 5.73 Å². The van der Waals surface area contributed by atoms with Crippen molar-refractivity contribution >= 4 is 23.6 Å². The van der Waals surface area contributed by atoms with Gasteiger partial charge in [0.05, 0.1) is 5.54 Å². The lowest BCUT2D eigenvalue weighted by atomic mass is 9.82. The second kappa shape index (κ2) is 6.54. The number of anilines is 1. The van der Waals surface area contributed by atoms with E-state index in [9.17, 15) is 9.59 Å². The van der Waals surface area contributed by atoms with E-state index in [4.69, 9.17) is 10.8 Å². The van der Waals surface area contributed by atoms with Crippen LogP contribution in [-0.4, -0.2) is 22.5 Å². The highest BCUT2D eigenvalue weighted by Crippen LogP contribution is 2.27. The normalized spacial score (nSPS) is 17.6. The minimum absolute atomic E-state index is 0.165. The van der Waals surface area contributed by atoms with E-state index in [0.29, 0.717) is 24.1 Å². The van der Waals surface area contributed by atoms with Gasteiger partial charge in [-0.3, -0.25) is 4.79 Å². The summed E-state index contributed by atoms with van der Waals surface area (Å²) in [6.45, 7) is 0. The smallest absolute Gasteiger partial charge is 0.328 e. The second-order valence-corrected chi connectivity index (χ2v) is 5.47. The van der Waals surface area contributed by atoms with Crippen molar-refractivity contribution in [2.45, 2.75) is 37.6 Å². The van der Waals surface area contributed by atoms with Crippen molar-refractivity contribution in [1.29, 1.82) is 0 Å². The van der Waals surface area contributed by atoms with E-state index in [2.05, 4.69) is 5.32 Å². The highest BCUT2D eigenvalue weighted by molar-refractivity contribution is 5.98. The first kappa shape index (κ1) is 15.3. The monoisotopic (exact) mass is 288 g/mol. The third kappa shape index (κ3) is 4.16. The lowest BCUT2D eigenvalue weighted by molar-refractivity contribution is -0.131. The van der Waals surface area contributed by atoms with Gasteiger partial charge in [-0.1, -0.05) is 31.4 Å². The summed E-state index contributed by atoms with van der Waals surface area (Å²) < 4.78 is 0. The van der Waals surface area contributed by atoms with E-state index in [1.54, 1.807) is 24.3 Å². The quantitative estimate of drug-likeness (QED) is 0.742. The number of rotatable bonds is 4. The minimum atomic E-state index is -1.01. The van der Waals surface area contributed by atoms with Crippen LogP contribution in [0.3, 0.4) is 0 Å². The van der Waals surface area contributed by atoms with Gasteiger partial charge in [0, 0.05) is 11.8 Å². The summed E-state index contributed by atoms with van der Waals surface area (Å²) in [6.07, 6.45) is 7.04. The van der Waals surface area contributed by atoms with Gasteiger partial charge >= 0.3 is 5.97 Å². The number of benzene rings is 1. The van der Waals surface area contributed by atoms with Crippen LogP contribution in [0.2, 0.25) is 0 Å². The van der Waals surface area contributed by atoms with Gasteiger partial charge in [-0.15, -0.1) is 0 Å². The van der Waals surface area contributed by atoms with Crippen LogP contribution >= 0.6 is 0 Å². The fourth-order valence-corrected chi connectivity index (χ4v) is 2.55. The maximum Gasteiger partial charge on any atom is 0.328 e. The molecule has 0 unspecified atom stereocenters. The average molecular weight is 288 g/mol.